The Morgan fingerprint density at radius 3 is 1.79 bits per heavy atom. The van der Waals surface area contributed by atoms with Crippen molar-refractivity contribution in [2.24, 2.45) is 0 Å². The zero-order chi connectivity index (χ0) is 13.5. The topological polar surface area (TPSA) is 12.0 Å². The Morgan fingerprint density at radius 1 is 0.947 bits per heavy atom. The molecule has 0 aliphatic heterocycles. The van der Waals surface area contributed by atoms with Crippen molar-refractivity contribution in [2.45, 2.75) is 18.9 Å². The van der Waals surface area contributed by atoms with Gasteiger partial charge in [0.1, 0.15) is 0 Å². The predicted molar refractivity (Wildman–Crippen MR) is 81.0 cm³/mol. The monoisotopic (exact) mass is 249 g/mol. The summed E-state index contributed by atoms with van der Waals surface area (Å²) in [7, 11) is 0. The van der Waals surface area contributed by atoms with Crippen molar-refractivity contribution in [2.75, 3.05) is 6.54 Å². The molecule has 1 N–H and O–H groups in total. The van der Waals surface area contributed by atoms with Crippen LogP contribution in [0.3, 0.4) is 0 Å². The molecule has 0 amide bonds. The first-order valence-electron chi connectivity index (χ1n) is 6.66. The van der Waals surface area contributed by atoms with Gasteiger partial charge in [-0.2, -0.15) is 0 Å². The average Bonchev–Trinajstić information content (AvgIpc) is 2.49. The fourth-order valence-electron chi connectivity index (χ4n) is 2.39. The summed E-state index contributed by atoms with van der Waals surface area (Å²) in [5, 5.41) is 3.39. The van der Waals surface area contributed by atoms with Crippen LogP contribution in [0.1, 0.15) is 24.0 Å². The van der Waals surface area contributed by atoms with Crippen LogP contribution < -0.4 is 5.32 Å². The Morgan fingerprint density at radius 2 is 1.42 bits per heavy atom. The normalized spacial score (nSPS) is 12.1. The van der Waals surface area contributed by atoms with E-state index in [1.165, 1.54) is 11.1 Å². The molecular formula is C18H19N. The van der Waals surface area contributed by atoms with Gasteiger partial charge in [0.2, 0.25) is 0 Å². The molecule has 0 fully saturated rings. The van der Waals surface area contributed by atoms with Crippen molar-refractivity contribution in [3.8, 4) is 12.3 Å². The number of rotatable bonds is 5. The quantitative estimate of drug-likeness (QED) is 0.801. The number of benzene rings is 2. The SMILES string of the molecule is C#CC(NCC)C(c1ccccc1)c1ccccc1. The van der Waals surface area contributed by atoms with Crippen LogP contribution in [0.15, 0.2) is 60.7 Å². The van der Waals surface area contributed by atoms with E-state index in [0.717, 1.165) is 6.54 Å². The van der Waals surface area contributed by atoms with Crippen LogP contribution in [-0.2, 0) is 0 Å². The van der Waals surface area contributed by atoms with Gasteiger partial charge in [-0.1, -0.05) is 73.5 Å². The van der Waals surface area contributed by atoms with E-state index in [0.29, 0.717) is 0 Å². The minimum absolute atomic E-state index is 0.00907. The lowest BCUT2D eigenvalue weighted by atomic mass is 9.85. The van der Waals surface area contributed by atoms with E-state index in [-0.39, 0.29) is 12.0 Å². The smallest absolute Gasteiger partial charge is 0.0797 e. The maximum absolute atomic E-state index is 5.72. The van der Waals surface area contributed by atoms with E-state index >= 15 is 0 Å². The molecule has 0 saturated carbocycles. The van der Waals surface area contributed by atoms with E-state index in [1.807, 2.05) is 12.1 Å². The van der Waals surface area contributed by atoms with Crippen molar-refractivity contribution < 1.29 is 0 Å². The first-order chi connectivity index (χ1) is 9.36. The van der Waals surface area contributed by atoms with Gasteiger partial charge in [0.15, 0.2) is 0 Å². The largest absolute Gasteiger partial charge is 0.303 e. The Balaban J connectivity index is 2.42. The lowest BCUT2D eigenvalue weighted by Crippen LogP contribution is -2.34. The molecule has 0 aliphatic carbocycles. The summed E-state index contributed by atoms with van der Waals surface area (Å²) < 4.78 is 0. The molecular weight excluding hydrogens is 230 g/mol. The van der Waals surface area contributed by atoms with Crippen molar-refractivity contribution >= 4 is 0 Å². The standard InChI is InChI=1S/C18H19N/c1-3-17(19-4-2)18(15-11-7-5-8-12-15)16-13-9-6-10-14-16/h1,5-14,17-19H,4H2,2H3. The van der Waals surface area contributed by atoms with Gasteiger partial charge < -0.3 is 5.32 Å². The summed E-state index contributed by atoms with van der Waals surface area (Å²) in [6, 6.07) is 20.9. The van der Waals surface area contributed by atoms with E-state index in [1.54, 1.807) is 0 Å². The van der Waals surface area contributed by atoms with Crippen LogP contribution in [0.25, 0.3) is 0 Å². The first kappa shape index (κ1) is 13.4. The second-order valence-corrected chi connectivity index (χ2v) is 4.50. The Hall–Kier alpha value is -2.04. The van der Waals surface area contributed by atoms with Crippen molar-refractivity contribution in [3.63, 3.8) is 0 Å². The molecule has 2 rings (SSSR count). The van der Waals surface area contributed by atoms with E-state index in [2.05, 4.69) is 66.7 Å². The van der Waals surface area contributed by atoms with Crippen LogP contribution in [0, 0.1) is 12.3 Å². The number of hydrogen-bond donors (Lipinski definition) is 1. The second kappa shape index (κ2) is 6.78. The third kappa shape index (κ3) is 3.24. The van der Waals surface area contributed by atoms with Crippen LogP contribution >= 0.6 is 0 Å². The fourth-order valence-corrected chi connectivity index (χ4v) is 2.39. The van der Waals surface area contributed by atoms with Gasteiger partial charge >= 0.3 is 0 Å². The molecule has 0 aliphatic rings. The molecule has 1 heteroatoms. The summed E-state index contributed by atoms with van der Waals surface area (Å²) in [6.45, 7) is 2.95. The zero-order valence-corrected chi connectivity index (χ0v) is 11.2. The zero-order valence-electron chi connectivity index (χ0n) is 11.2. The molecule has 0 saturated heterocycles. The molecule has 1 nitrogen and oxygen atoms in total. The van der Waals surface area contributed by atoms with E-state index < -0.39 is 0 Å². The van der Waals surface area contributed by atoms with Crippen molar-refractivity contribution in [1.29, 1.82) is 0 Å². The summed E-state index contributed by atoms with van der Waals surface area (Å²) in [4.78, 5) is 0. The van der Waals surface area contributed by atoms with Gasteiger partial charge in [-0.3, -0.25) is 0 Å². The third-order valence-electron chi connectivity index (χ3n) is 3.25. The fraction of sp³-hybridized carbons (Fsp3) is 0.222. The summed E-state index contributed by atoms with van der Waals surface area (Å²) in [5.41, 5.74) is 2.50. The lowest BCUT2D eigenvalue weighted by Gasteiger charge is -2.25. The van der Waals surface area contributed by atoms with Gasteiger partial charge in [0, 0.05) is 5.92 Å². The molecule has 0 spiro atoms. The van der Waals surface area contributed by atoms with E-state index in [4.69, 9.17) is 6.42 Å². The van der Waals surface area contributed by atoms with Crippen molar-refractivity contribution in [1.82, 2.24) is 5.32 Å². The number of hydrogen-bond acceptors (Lipinski definition) is 1. The molecule has 1 unspecified atom stereocenters. The highest BCUT2D eigenvalue weighted by molar-refractivity contribution is 5.36. The van der Waals surface area contributed by atoms with Crippen LogP contribution in [0.2, 0.25) is 0 Å². The highest BCUT2D eigenvalue weighted by Gasteiger charge is 2.22. The molecule has 0 aromatic heterocycles. The highest BCUT2D eigenvalue weighted by Crippen LogP contribution is 2.27. The minimum Gasteiger partial charge on any atom is -0.303 e. The highest BCUT2D eigenvalue weighted by atomic mass is 14.9. The maximum Gasteiger partial charge on any atom is 0.0797 e. The Bertz CT molecular complexity index is 485. The molecule has 19 heavy (non-hydrogen) atoms. The summed E-state index contributed by atoms with van der Waals surface area (Å²) >= 11 is 0. The lowest BCUT2D eigenvalue weighted by molar-refractivity contribution is 0.573. The average molecular weight is 249 g/mol. The molecule has 0 bridgehead atoms. The molecule has 0 radical (unpaired) electrons. The van der Waals surface area contributed by atoms with Gasteiger partial charge in [-0.05, 0) is 17.7 Å². The number of likely N-dealkylation sites (N-methyl/N-ethyl adjacent to an activating group) is 1. The van der Waals surface area contributed by atoms with Crippen LogP contribution in [0.4, 0.5) is 0 Å². The maximum atomic E-state index is 5.72. The van der Waals surface area contributed by atoms with Crippen LogP contribution in [0.5, 0.6) is 0 Å². The Labute approximate surface area is 115 Å². The molecule has 0 heterocycles. The van der Waals surface area contributed by atoms with E-state index in [9.17, 15) is 0 Å². The van der Waals surface area contributed by atoms with Gasteiger partial charge in [0.05, 0.1) is 6.04 Å². The Kier molecular flexibility index (Phi) is 4.78. The molecule has 2 aromatic rings. The summed E-state index contributed by atoms with van der Waals surface area (Å²) in [6.07, 6.45) is 5.72. The number of nitrogens with one attached hydrogen (secondary N) is 1. The minimum atomic E-state index is 0.00907. The molecule has 2 aromatic carbocycles. The molecule has 96 valence electrons. The summed E-state index contributed by atoms with van der Waals surface area (Å²) in [5.74, 6) is 3.08. The predicted octanol–water partition coefficient (Wildman–Crippen LogP) is 3.43. The number of terminal acetylenes is 1. The van der Waals surface area contributed by atoms with Gasteiger partial charge in [-0.25, -0.2) is 0 Å². The van der Waals surface area contributed by atoms with Crippen LogP contribution in [-0.4, -0.2) is 12.6 Å². The van der Waals surface area contributed by atoms with Gasteiger partial charge in [0.25, 0.3) is 0 Å². The molecule has 1 atom stereocenters. The first-order valence-corrected chi connectivity index (χ1v) is 6.66. The second-order valence-electron chi connectivity index (χ2n) is 4.50. The van der Waals surface area contributed by atoms with Crippen molar-refractivity contribution in [3.05, 3.63) is 71.8 Å². The van der Waals surface area contributed by atoms with Gasteiger partial charge in [-0.15, -0.1) is 6.42 Å². The third-order valence-corrected chi connectivity index (χ3v) is 3.25.